The first-order valence-corrected chi connectivity index (χ1v) is 6.38. The van der Waals surface area contributed by atoms with E-state index in [2.05, 4.69) is 22.8 Å². The van der Waals surface area contributed by atoms with E-state index < -0.39 is 0 Å². The molecule has 1 aromatic rings. The number of aryl methyl sites for hydroxylation is 1. The Morgan fingerprint density at radius 2 is 1.67 bits per heavy atom. The highest BCUT2D eigenvalue weighted by Crippen LogP contribution is 2.29. The number of aromatic nitrogens is 2. The van der Waals surface area contributed by atoms with Crippen LogP contribution in [0.25, 0.3) is 0 Å². The van der Waals surface area contributed by atoms with Gasteiger partial charge in [0, 0.05) is 11.9 Å². The van der Waals surface area contributed by atoms with E-state index in [0.717, 1.165) is 0 Å². The predicted molar refractivity (Wildman–Crippen MR) is 67.2 cm³/mol. The maximum absolute atomic E-state index is 4.31. The summed E-state index contributed by atoms with van der Waals surface area (Å²) < 4.78 is 2.17. The number of hydrogen-bond donors (Lipinski definition) is 0. The van der Waals surface area contributed by atoms with Crippen LogP contribution in [-0.2, 0) is 0 Å². The highest BCUT2D eigenvalue weighted by molar-refractivity contribution is 4.98. The summed E-state index contributed by atoms with van der Waals surface area (Å²) in [6.07, 6.45) is 7.30. The molecule has 0 radical (unpaired) electrons. The molecule has 0 unspecified atom stereocenters. The average molecular weight is 210 g/mol. The first kappa shape index (κ1) is 14.2. The topological polar surface area (TPSA) is 17.8 Å². The lowest BCUT2D eigenvalue weighted by atomic mass is 10.2. The van der Waals surface area contributed by atoms with Crippen LogP contribution < -0.4 is 0 Å². The van der Waals surface area contributed by atoms with Crippen molar-refractivity contribution in [2.45, 2.75) is 66.3 Å². The molecule has 1 aromatic heterocycles. The van der Waals surface area contributed by atoms with Crippen molar-refractivity contribution in [3.63, 3.8) is 0 Å². The fraction of sp³-hybridized carbons (Fsp3) is 0.769. The molecule has 1 heterocycles. The average Bonchev–Trinajstić information content (AvgIpc) is 2.94. The van der Waals surface area contributed by atoms with Crippen LogP contribution in [0, 0.1) is 6.92 Å². The predicted octanol–water partition coefficient (Wildman–Crippen LogP) is 4.36. The molecule has 0 atom stereocenters. The Balaban J connectivity index is 0.000000442. The summed E-state index contributed by atoms with van der Waals surface area (Å²) in [5.41, 5.74) is 1.30. The van der Waals surface area contributed by atoms with Crippen LogP contribution in [0.2, 0.25) is 0 Å². The molecule has 2 nitrogen and oxygen atoms in total. The SMILES string of the molecule is CC.CC.Cc1ccnn1C1CCCC1. The molecule has 0 aliphatic heterocycles. The lowest BCUT2D eigenvalue weighted by Crippen LogP contribution is -2.07. The minimum Gasteiger partial charge on any atom is -0.267 e. The second kappa shape index (κ2) is 8.51. The van der Waals surface area contributed by atoms with Crippen LogP contribution in [0.15, 0.2) is 12.3 Å². The van der Waals surface area contributed by atoms with Crippen molar-refractivity contribution in [3.05, 3.63) is 18.0 Å². The highest BCUT2D eigenvalue weighted by Gasteiger charge is 2.17. The quantitative estimate of drug-likeness (QED) is 0.673. The van der Waals surface area contributed by atoms with Crippen molar-refractivity contribution in [3.8, 4) is 0 Å². The van der Waals surface area contributed by atoms with E-state index in [1.165, 1.54) is 31.4 Å². The van der Waals surface area contributed by atoms with Crippen molar-refractivity contribution < 1.29 is 0 Å². The smallest absolute Gasteiger partial charge is 0.0522 e. The fourth-order valence-electron chi connectivity index (χ4n) is 1.91. The van der Waals surface area contributed by atoms with Crippen LogP contribution in [0.4, 0.5) is 0 Å². The summed E-state index contributed by atoms with van der Waals surface area (Å²) in [6, 6.07) is 2.78. The summed E-state index contributed by atoms with van der Waals surface area (Å²) in [5, 5.41) is 4.31. The zero-order chi connectivity index (χ0) is 11.7. The zero-order valence-electron chi connectivity index (χ0n) is 11.0. The summed E-state index contributed by atoms with van der Waals surface area (Å²) >= 11 is 0. The van der Waals surface area contributed by atoms with E-state index >= 15 is 0 Å². The van der Waals surface area contributed by atoms with Crippen LogP contribution in [-0.4, -0.2) is 9.78 Å². The molecule has 1 aliphatic rings. The number of rotatable bonds is 1. The molecule has 2 heteroatoms. The fourth-order valence-corrected chi connectivity index (χ4v) is 1.91. The van der Waals surface area contributed by atoms with Gasteiger partial charge in [-0.15, -0.1) is 0 Å². The van der Waals surface area contributed by atoms with Gasteiger partial charge in [0.2, 0.25) is 0 Å². The number of nitrogens with zero attached hydrogens (tertiary/aromatic N) is 2. The molecule has 0 amide bonds. The molecular weight excluding hydrogens is 184 g/mol. The Labute approximate surface area is 94.7 Å². The molecule has 1 saturated carbocycles. The van der Waals surface area contributed by atoms with Gasteiger partial charge in [0.1, 0.15) is 0 Å². The summed E-state index contributed by atoms with van der Waals surface area (Å²) in [5.74, 6) is 0. The molecular formula is C13H26N2. The van der Waals surface area contributed by atoms with E-state index in [4.69, 9.17) is 0 Å². The Morgan fingerprint density at radius 3 is 2.07 bits per heavy atom. The third kappa shape index (κ3) is 4.06. The zero-order valence-corrected chi connectivity index (χ0v) is 11.0. The van der Waals surface area contributed by atoms with Gasteiger partial charge in [-0.3, -0.25) is 4.68 Å². The van der Waals surface area contributed by atoms with E-state index in [9.17, 15) is 0 Å². The van der Waals surface area contributed by atoms with E-state index in [1.54, 1.807) is 0 Å². The van der Waals surface area contributed by atoms with Gasteiger partial charge in [-0.1, -0.05) is 40.5 Å². The molecule has 88 valence electrons. The standard InChI is InChI=1S/C9H14N2.2C2H6/c1-8-6-7-10-11(8)9-4-2-3-5-9;2*1-2/h6-7,9H,2-5H2,1H3;2*1-2H3. The minimum absolute atomic E-state index is 0.699. The largest absolute Gasteiger partial charge is 0.267 e. The van der Waals surface area contributed by atoms with Gasteiger partial charge in [-0.2, -0.15) is 5.10 Å². The Kier molecular flexibility index (Phi) is 8.06. The summed E-state index contributed by atoms with van der Waals surface area (Å²) in [7, 11) is 0. The second-order valence-corrected chi connectivity index (χ2v) is 3.36. The Morgan fingerprint density at radius 1 is 1.13 bits per heavy atom. The van der Waals surface area contributed by atoms with Gasteiger partial charge >= 0.3 is 0 Å². The van der Waals surface area contributed by atoms with Crippen LogP contribution >= 0.6 is 0 Å². The molecule has 0 saturated heterocycles. The molecule has 0 aromatic carbocycles. The third-order valence-electron chi connectivity index (χ3n) is 2.54. The maximum Gasteiger partial charge on any atom is 0.0522 e. The van der Waals surface area contributed by atoms with Gasteiger partial charge in [0.15, 0.2) is 0 Å². The first-order valence-electron chi connectivity index (χ1n) is 6.38. The third-order valence-corrected chi connectivity index (χ3v) is 2.54. The molecule has 1 fully saturated rings. The van der Waals surface area contributed by atoms with Crippen LogP contribution in [0.1, 0.15) is 65.1 Å². The molecule has 0 spiro atoms. The Bertz CT molecular complexity index is 234. The van der Waals surface area contributed by atoms with Crippen molar-refractivity contribution in [1.29, 1.82) is 0 Å². The molecule has 0 N–H and O–H groups in total. The van der Waals surface area contributed by atoms with Crippen LogP contribution in [0.5, 0.6) is 0 Å². The second-order valence-electron chi connectivity index (χ2n) is 3.36. The monoisotopic (exact) mass is 210 g/mol. The van der Waals surface area contributed by atoms with Crippen molar-refractivity contribution in [2.75, 3.05) is 0 Å². The van der Waals surface area contributed by atoms with Gasteiger partial charge in [0.25, 0.3) is 0 Å². The summed E-state index contributed by atoms with van der Waals surface area (Å²) in [4.78, 5) is 0. The minimum atomic E-state index is 0.699. The van der Waals surface area contributed by atoms with E-state index in [-0.39, 0.29) is 0 Å². The highest BCUT2D eigenvalue weighted by atomic mass is 15.3. The maximum atomic E-state index is 4.31. The van der Waals surface area contributed by atoms with Crippen molar-refractivity contribution in [1.82, 2.24) is 9.78 Å². The lowest BCUT2D eigenvalue weighted by molar-refractivity contribution is 0.457. The lowest BCUT2D eigenvalue weighted by Gasteiger charge is -2.11. The normalized spacial score (nSPS) is 15.0. The molecule has 0 bridgehead atoms. The van der Waals surface area contributed by atoms with Gasteiger partial charge in [0.05, 0.1) is 6.04 Å². The Hall–Kier alpha value is -0.790. The van der Waals surface area contributed by atoms with Gasteiger partial charge in [-0.05, 0) is 25.8 Å². The van der Waals surface area contributed by atoms with Crippen molar-refractivity contribution >= 4 is 0 Å². The first-order chi connectivity index (χ1) is 7.38. The van der Waals surface area contributed by atoms with Gasteiger partial charge < -0.3 is 0 Å². The molecule has 1 aliphatic carbocycles. The number of hydrogen-bond acceptors (Lipinski definition) is 1. The van der Waals surface area contributed by atoms with Crippen molar-refractivity contribution in [2.24, 2.45) is 0 Å². The van der Waals surface area contributed by atoms with E-state index in [1.807, 2.05) is 33.9 Å². The van der Waals surface area contributed by atoms with Gasteiger partial charge in [-0.25, -0.2) is 0 Å². The van der Waals surface area contributed by atoms with Crippen LogP contribution in [0.3, 0.4) is 0 Å². The molecule has 15 heavy (non-hydrogen) atoms. The van der Waals surface area contributed by atoms with E-state index in [0.29, 0.717) is 6.04 Å². The molecule has 2 rings (SSSR count). The summed E-state index contributed by atoms with van der Waals surface area (Å²) in [6.45, 7) is 10.1.